The van der Waals surface area contributed by atoms with Crippen LogP contribution >= 0.6 is 0 Å². The molecule has 3 rings (SSSR count). The molecule has 0 aliphatic rings. The normalized spacial score (nSPS) is 10.8. The Bertz CT molecular complexity index is 727. The topological polar surface area (TPSA) is 0 Å². The third-order valence-electron chi connectivity index (χ3n) is 3.26. The molecule has 0 saturated carbocycles. The first-order valence-corrected chi connectivity index (χ1v) is 6.14. The van der Waals surface area contributed by atoms with Crippen molar-refractivity contribution in [3.8, 4) is 0 Å². The number of rotatable bonds is 2. The monoisotopic (exact) mass is 254 g/mol. The average Bonchev–Trinajstić information content (AvgIpc) is 2.43. The highest BCUT2D eigenvalue weighted by molar-refractivity contribution is 5.85. The van der Waals surface area contributed by atoms with E-state index < -0.39 is 11.6 Å². The van der Waals surface area contributed by atoms with Gasteiger partial charge in [-0.2, -0.15) is 0 Å². The molecule has 0 bridgehead atoms. The van der Waals surface area contributed by atoms with Crippen molar-refractivity contribution in [3.63, 3.8) is 0 Å². The molecule has 0 N–H and O–H groups in total. The number of hydrogen-bond donors (Lipinski definition) is 0. The lowest BCUT2D eigenvalue weighted by Gasteiger charge is -2.07. The molecule has 0 nitrogen and oxygen atoms in total. The summed E-state index contributed by atoms with van der Waals surface area (Å²) in [7, 11) is 0. The Morgan fingerprint density at radius 2 is 1.53 bits per heavy atom. The molecule has 0 radical (unpaired) electrons. The van der Waals surface area contributed by atoms with E-state index in [-0.39, 0.29) is 0 Å². The van der Waals surface area contributed by atoms with Gasteiger partial charge in [0.05, 0.1) is 0 Å². The average molecular weight is 254 g/mol. The van der Waals surface area contributed by atoms with Crippen LogP contribution < -0.4 is 0 Å². The fourth-order valence-electron chi connectivity index (χ4n) is 2.32. The van der Waals surface area contributed by atoms with Gasteiger partial charge in [-0.1, -0.05) is 48.5 Å². The maximum atomic E-state index is 13.2. The van der Waals surface area contributed by atoms with E-state index in [4.69, 9.17) is 0 Å². The first-order chi connectivity index (χ1) is 9.24. The standard InChI is InChI=1S/C17H12F2/c18-16-9-8-12(11-17(16)19)10-14-6-3-5-13-4-1-2-7-15(13)14/h1-9,11H,10H2. The maximum Gasteiger partial charge on any atom is 0.159 e. The fourth-order valence-corrected chi connectivity index (χ4v) is 2.32. The van der Waals surface area contributed by atoms with E-state index >= 15 is 0 Å². The van der Waals surface area contributed by atoms with Crippen LogP contribution in [0.5, 0.6) is 0 Å². The zero-order chi connectivity index (χ0) is 13.2. The highest BCUT2D eigenvalue weighted by Gasteiger charge is 2.05. The van der Waals surface area contributed by atoms with Gasteiger partial charge in [0.2, 0.25) is 0 Å². The Hall–Kier alpha value is -2.22. The van der Waals surface area contributed by atoms with Gasteiger partial charge in [-0.3, -0.25) is 0 Å². The van der Waals surface area contributed by atoms with Crippen molar-refractivity contribution < 1.29 is 8.78 Å². The van der Waals surface area contributed by atoms with E-state index in [9.17, 15) is 8.78 Å². The van der Waals surface area contributed by atoms with E-state index in [2.05, 4.69) is 0 Å². The molecular weight excluding hydrogens is 242 g/mol. The van der Waals surface area contributed by atoms with Crippen molar-refractivity contribution in [3.05, 3.63) is 83.4 Å². The van der Waals surface area contributed by atoms with E-state index in [0.29, 0.717) is 6.42 Å². The largest absolute Gasteiger partial charge is 0.204 e. The lowest BCUT2D eigenvalue weighted by Crippen LogP contribution is -1.92. The summed E-state index contributed by atoms with van der Waals surface area (Å²) in [5.41, 5.74) is 1.89. The highest BCUT2D eigenvalue weighted by Crippen LogP contribution is 2.22. The summed E-state index contributed by atoms with van der Waals surface area (Å²) in [5.74, 6) is -1.60. The van der Waals surface area contributed by atoms with Crippen LogP contribution in [0, 0.1) is 11.6 Å². The lowest BCUT2D eigenvalue weighted by molar-refractivity contribution is 0.507. The summed E-state index contributed by atoms with van der Waals surface area (Å²) >= 11 is 0. The Morgan fingerprint density at radius 3 is 2.37 bits per heavy atom. The molecule has 0 amide bonds. The van der Waals surface area contributed by atoms with E-state index in [1.54, 1.807) is 6.07 Å². The predicted octanol–water partition coefficient (Wildman–Crippen LogP) is 4.71. The van der Waals surface area contributed by atoms with Crippen molar-refractivity contribution in [2.24, 2.45) is 0 Å². The summed E-state index contributed by atoms with van der Waals surface area (Å²) in [4.78, 5) is 0. The third kappa shape index (κ3) is 2.34. The van der Waals surface area contributed by atoms with Gasteiger partial charge in [-0.05, 0) is 40.5 Å². The van der Waals surface area contributed by atoms with Crippen LogP contribution in [0.4, 0.5) is 8.78 Å². The Labute approximate surface area is 110 Å². The lowest BCUT2D eigenvalue weighted by atomic mass is 9.98. The predicted molar refractivity (Wildman–Crippen MR) is 73.1 cm³/mol. The molecule has 3 aromatic carbocycles. The molecule has 0 aromatic heterocycles. The van der Waals surface area contributed by atoms with Gasteiger partial charge in [-0.25, -0.2) is 8.78 Å². The maximum absolute atomic E-state index is 13.2. The minimum atomic E-state index is -0.804. The number of halogens is 2. The van der Waals surface area contributed by atoms with Gasteiger partial charge >= 0.3 is 0 Å². The smallest absolute Gasteiger partial charge is 0.159 e. The van der Waals surface area contributed by atoms with Crippen molar-refractivity contribution in [2.45, 2.75) is 6.42 Å². The molecule has 0 fully saturated rings. The van der Waals surface area contributed by atoms with Gasteiger partial charge in [0, 0.05) is 0 Å². The summed E-state index contributed by atoms with van der Waals surface area (Å²) in [6, 6.07) is 18.2. The molecular formula is C17H12F2. The van der Waals surface area contributed by atoms with Crippen molar-refractivity contribution in [2.75, 3.05) is 0 Å². The molecule has 94 valence electrons. The molecule has 0 saturated heterocycles. The first kappa shape index (κ1) is 11.8. The van der Waals surface area contributed by atoms with Crippen molar-refractivity contribution >= 4 is 10.8 Å². The molecule has 0 spiro atoms. The zero-order valence-corrected chi connectivity index (χ0v) is 10.2. The van der Waals surface area contributed by atoms with Crippen molar-refractivity contribution in [1.82, 2.24) is 0 Å². The molecule has 0 unspecified atom stereocenters. The SMILES string of the molecule is Fc1ccc(Cc2cccc3ccccc23)cc1F. The van der Waals surface area contributed by atoms with Crippen molar-refractivity contribution in [1.29, 1.82) is 0 Å². The molecule has 0 aliphatic carbocycles. The molecule has 0 aliphatic heterocycles. The number of hydrogen-bond acceptors (Lipinski definition) is 0. The Morgan fingerprint density at radius 1 is 0.737 bits per heavy atom. The van der Waals surface area contributed by atoms with E-state index in [1.807, 2.05) is 42.5 Å². The van der Waals surface area contributed by atoms with Crippen LogP contribution in [-0.4, -0.2) is 0 Å². The number of benzene rings is 3. The van der Waals surface area contributed by atoms with Crippen LogP contribution in [0.15, 0.2) is 60.7 Å². The van der Waals surface area contributed by atoms with E-state index in [1.165, 1.54) is 12.1 Å². The van der Waals surface area contributed by atoms with Crippen LogP contribution in [-0.2, 0) is 6.42 Å². The van der Waals surface area contributed by atoms with Crippen LogP contribution in [0.3, 0.4) is 0 Å². The first-order valence-electron chi connectivity index (χ1n) is 6.14. The van der Waals surface area contributed by atoms with Gasteiger partial charge in [0.1, 0.15) is 0 Å². The second kappa shape index (κ2) is 4.81. The summed E-state index contributed by atoms with van der Waals surface area (Å²) < 4.78 is 26.1. The quantitative estimate of drug-likeness (QED) is 0.621. The number of fused-ring (bicyclic) bond motifs is 1. The Kier molecular flexibility index (Phi) is 3.00. The zero-order valence-electron chi connectivity index (χ0n) is 10.2. The second-order valence-corrected chi connectivity index (χ2v) is 4.56. The Balaban J connectivity index is 2.03. The van der Waals surface area contributed by atoms with Crippen LogP contribution in [0.2, 0.25) is 0 Å². The van der Waals surface area contributed by atoms with Gasteiger partial charge in [0.15, 0.2) is 11.6 Å². The summed E-state index contributed by atoms with van der Waals surface area (Å²) in [6.45, 7) is 0. The third-order valence-corrected chi connectivity index (χ3v) is 3.26. The summed E-state index contributed by atoms with van der Waals surface area (Å²) in [6.07, 6.45) is 0.596. The molecule has 3 aromatic rings. The molecule has 2 heteroatoms. The molecule has 0 heterocycles. The van der Waals surface area contributed by atoms with Crippen LogP contribution in [0.1, 0.15) is 11.1 Å². The molecule has 0 atom stereocenters. The van der Waals surface area contributed by atoms with Gasteiger partial charge in [-0.15, -0.1) is 0 Å². The van der Waals surface area contributed by atoms with E-state index in [0.717, 1.165) is 21.9 Å². The summed E-state index contributed by atoms with van der Waals surface area (Å²) in [5, 5.41) is 2.30. The van der Waals surface area contributed by atoms with Gasteiger partial charge < -0.3 is 0 Å². The fraction of sp³-hybridized carbons (Fsp3) is 0.0588. The highest BCUT2D eigenvalue weighted by atomic mass is 19.2. The minimum absolute atomic E-state index is 0.596. The van der Waals surface area contributed by atoms with Crippen LogP contribution in [0.25, 0.3) is 10.8 Å². The minimum Gasteiger partial charge on any atom is -0.204 e. The van der Waals surface area contributed by atoms with Gasteiger partial charge in [0.25, 0.3) is 0 Å². The molecule has 19 heavy (non-hydrogen) atoms. The second-order valence-electron chi connectivity index (χ2n) is 4.56.